The second-order valence-electron chi connectivity index (χ2n) is 10.6. The van der Waals surface area contributed by atoms with Gasteiger partial charge in [-0.05, 0) is 41.0 Å². The third-order valence-electron chi connectivity index (χ3n) is 7.83. The second kappa shape index (κ2) is 14.3. The van der Waals surface area contributed by atoms with Crippen LogP contribution in [0.15, 0.2) is 94.6 Å². The largest absolute Gasteiger partial charge is 0.497 e. The number of aromatic nitrogens is 2. The molecule has 1 saturated heterocycles. The summed E-state index contributed by atoms with van der Waals surface area (Å²) in [6, 6.07) is 26.3. The van der Waals surface area contributed by atoms with Crippen LogP contribution in [0.4, 0.5) is 0 Å². The molecule has 0 radical (unpaired) electrons. The van der Waals surface area contributed by atoms with E-state index >= 15 is 0 Å². The molecule has 1 aliphatic rings. The van der Waals surface area contributed by atoms with Gasteiger partial charge in [0.2, 0.25) is 0 Å². The van der Waals surface area contributed by atoms with Crippen LogP contribution in [0.2, 0.25) is 0 Å². The molecule has 3 atom stereocenters. The molecule has 4 aromatic rings. The van der Waals surface area contributed by atoms with E-state index in [1.807, 2.05) is 78.9 Å². The summed E-state index contributed by atoms with van der Waals surface area (Å²) in [6.07, 6.45) is -2.10. The topological polar surface area (TPSA) is 162 Å². The van der Waals surface area contributed by atoms with E-state index in [2.05, 4.69) is 4.98 Å². The number of carbonyl (C=O) groups is 1. The number of rotatable bonds is 12. The van der Waals surface area contributed by atoms with Gasteiger partial charge in [0.25, 0.3) is 5.56 Å². The molecule has 0 aliphatic carbocycles. The zero-order valence-electron chi connectivity index (χ0n) is 25.3. The molecule has 12 nitrogen and oxygen atoms in total. The SMILES string of the molecule is COc1ccc(C(OC[C@H]2O[C@@H](n3cc(CC(=O)OCC#N)c(=O)[nH]c3=O)C[C@@H]2O)(c2ccccc2)c2ccc(OC)cc2)cc1. The fourth-order valence-corrected chi connectivity index (χ4v) is 5.50. The number of nitrogens with zero attached hydrogens (tertiary/aromatic N) is 2. The molecule has 1 aliphatic heterocycles. The molecule has 12 heteroatoms. The first kappa shape index (κ1) is 32.2. The highest BCUT2D eigenvalue weighted by molar-refractivity contribution is 5.72. The van der Waals surface area contributed by atoms with Crippen molar-refractivity contribution in [2.45, 2.75) is 36.9 Å². The third-order valence-corrected chi connectivity index (χ3v) is 7.83. The van der Waals surface area contributed by atoms with Gasteiger partial charge >= 0.3 is 11.7 Å². The molecule has 0 spiro atoms. The third kappa shape index (κ3) is 6.72. The fourth-order valence-electron chi connectivity index (χ4n) is 5.50. The molecule has 2 heterocycles. The second-order valence-corrected chi connectivity index (χ2v) is 10.6. The molecule has 2 N–H and O–H groups in total. The minimum Gasteiger partial charge on any atom is -0.497 e. The van der Waals surface area contributed by atoms with Gasteiger partial charge in [-0.25, -0.2) is 4.79 Å². The highest BCUT2D eigenvalue weighted by atomic mass is 16.6. The summed E-state index contributed by atoms with van der Waals surface area (Å²) in [5.41, 5.74) is -0.348. The van der Waals surface area contributed by atoms with Crippen LogP contribution in [0.5, 0.6) is 11.5 Å². The molecule has 1 fully saturated rings. The summed E-state index contributed by atoms with van der Waals surface area (Å²) in [7, 11) is 3.18. The Bertz CT molecular complexity index is 1750. The number of H-pyrrole nitrogens is 1. The average Bonchev–Trinajstić information content (AvgIpc) is 3.45. The molecular formula is C34H33N3O9. The maximum atomic E-state index is 12.8. The van der Waals surface area contributed by atoms with E-state index in [1.165, 1.54) is 6.20 Å². The highest BCUT2D eigenvalue weighted by Gasteiger charge is 2.42. The van der Waals surface area contributed by atoms with Crippen molar-refractivity contribution in [3.05, 3.63) is 128 Å². The Hall–Kier alpha value is -5.22. The van der Waals surface area contributed by atoms with Gasteiger partial charge in [0.1, 0.15) is 35.5 Å². The van der Waals surface area contributed by atoms with Crippen molar-refractivity contribution < 1.29 is 33.6 Å². The van der Waals surface area contributed by atoms with Gasteiger partial charge < -0.3 is 28.8 Å². The first-order valence-corrected chi connectivity index (χ1v) is 14.5. The van der Waals surface area contributed by atoms with Crippen LogP contribution in [-0.2, 0) is 31.0 Å². The van der Waals surface area contributed by atoms with E-state index in [-0.39, 0.29) is 18.6 Å². The first-order chi connectivity index (χ1) is 22.3. The number of nitriles is 1. The number of aliphatic hydroxyl groups is 1. The molecule has 0 amide bonds. The van der Waals surface area contributed by atoms with E-state index in [0.29, 0.717) is 11.5 Å². The summed E-state index contributed by atoms with van der Waals surface area (Å²) in [6.45, 7) is -0.552. The van der Waals surface area contributed by atoms with Gasteiger partial charge in [-0.3, -0.25) is 19.1 Å². The smallest absolute Gasteiger partial charge is 0.330 e. The Labute approximate surface area is 264 Å². The molecule has 0 unspecified atom stereocenters. The van der Waals surface area contributed by atoms with Crippen molar-refractivity contribution in [1.82, 2.24) is 9.55 Å². The minimum absolute atomic E-state index is 0.0156. The lowest BCUT2D eigenvalue weighted by Gasteiger charge is -2.37. The number of hydrogen-bond donors (Lipinski definition) is 2. The van der Waals surface area contributed by atoms with Crippen LogP contribution in [0.25, 0.3) is 0 Å². The number of methoxy groups -OCH3 is 2. The standard InChI is InChI=1S/C34H33N3O9/c1-42-26-12-8-24(9-13-26)34(23-6-4-3-5-7-23,25-10-14-27(43-2)15-11-25)45-21-29-28(38)19-30(46-29)37-20-22(32(40)36-33(37)41)18-31(39)44-17-16-35/h3-15,20,28-30,38H,17-19,21H2,1-2H3,(H,36,40,41)/t28-,29+,30+/m0/s1. The monoisotopic (exact) mass is 627 g/mol. The summed E-state index contributed by atoms with van der Waals surface area (Å²) < 4.78 is 29.6. The van der Waals surface area contributed by atoms with Gasteiger partial charge in [-0.1, -0.05) is 54.6 Å². The average molecular weight is 628 g/mol. The minimum atomic E-state index is -1.16. The number of hydrogen-bond acceptors (Lipinski definition) is 10. The van der Waals surface area contributed by atoms with Crippen LogP contribution < -0.4 is 20.7 Å². The number of aliphatic hydroxyl groups excluding tert-OH is 1. The van der Waals surface area contributed by atoms with Gasteiger partial charge in [-0.2, -0.15) is 5.26 Å². The number of esters is 1. The fraction of sp³-hybridized carbons (Fsp3) is 0.294. The Balaban J connectivity index is 1.47. The summed E-state index contributed by atoms with van der Waals surface area (Å²) >= 11 is 0. The van der Waals surface area contributed by atoms with Crippen molar-refractivity contribution in [2.24, 2.45) is 0 Å². The van der Waals surface area contributed by atoms with Gasteiger partial charge in [-0.15, -0.1) is 0 Å². The summed E-state index contributed by atoms with van der Waals surface area (Å²) in [4.78, 5) is 39.3. The first-order valence-electron chi connectivity index (χ1n) is 14.5. The Morgan fingerprint density at radius 3 is 2.13 bits per heavy atom. The Morgan fingerprint density at radius 1 is 0.978 bits per heavy atom. The van der Waals surface area contributed by atoms with E-state index in [4.69, 9.17) is 28.9 Å². The molecule has 0 saturated carbocycles. The maximum Gasteiger partial charge on any atom is 0.330 e. The van der Waals surface area contributed by atoms with Gasteiger partial charge in [0.05, 0.1) is 33.4 Å². The lowest BCUT2D eigenvalue weighted by Crippen LogP contribution is -2.38. The number of carbonyl (C=O) groups excluding carboxylic acids is 1. The van der Waals surface area contributed by atoms with Crippen molar-refractivity contribution in [3.63, 3.8) is 0 Å². The van der Waals surface area contributed by atoms with Crippen molar-refractivity contribution >= 4 is 5.97 Å². The molecule has 1 aromatic heterocycles. The van der Waals surface area contributed by atoms with E-state index in [0.717, 1.165) is 21.3 Å². The Morgan fingerprint density at radius 2 is 1.57 bits per heavy atom. The maximum absolute atomic E-state index is 12.8. The number of benzene rings is 3. The van der Waals surface area contributed by atoms with Crippen molar-refractivity contribution in [3.8, 4) is 17.6 Å². The molecule has 5 rings (SSSR count). The molecule has 46 heavy (non-hydrogen) atoms. The number of nitrogens with one attached hydrogen (secondary N) is 1. The van der Waals surface area contributed by atoms with Gasteiger partial charge in [0, 0.05) is 18.2 Å². The van der Waals surface area contributed by atoms with E-state index in [1.54, 1.807) is 20.3 Å². The normalized spacial score (nSPS) is 17.7. The molecule has 0 bridgehead atoms. The van der Waals surface area contributed by atoms with Gasteiger partial charge in [0.15, 0.2) is 6.61 Å². The zero-order valence-corrected chi connectivity index (χ0v) is 25.3. The van der Waals surface area contributed by atoms with Crippen molar-refractivity contribution in [2.75, 3.05) is 27.4 Å². The molecular weight excluding hydrogens is 594 g/mol. The van der Waals surface area contributed by atoms with Crippen LogP contribution in [0, 0.1) is 11.3 Å². The lowest BCUT2D eigenvalue weighted by molar-refractivity contribution is -0.141. The van der Waals surface area contributed by atoms with Crippen LogP contribution >= 0.6 is 0 Å². The lowest BCUT2D eigenvalue weighted by atomic mass is 9.80. The van der Waals surface area contributed by atoms with Crippen LogP contribution in [0.3, 0.4) is 0 Å². The predicted molar refractivity (Wildman–Crippen MR) is 164 cm³/mol. The van der Waals surface area contributed by atoms with E-state index in [9.17, 15) is 19.5 Å². The molecule has 238 valence electrons. The van der Waals surface area contributed by atoms with Crippen LogP contribution in [0.1, 0.15) is 34.9 Å². The zero-order chi connectivity index (χ0) is 32.7. The van der Waals surface area contributed by atoms with Crippen LogP contribution in [-0.4, -0.2) is 60.3 Å². The summed E-state index contributed by atoms with van der Waals surface area (Å²) in [5.74, 6) is 0.536. The Kier molecular flexibility index (Phi) is 9.97. The molecule has 3 aromatic carbocycles. The van der Waals surface area contributed by atoms with Crippen molar-refractivity contribution in [1.29, 1.82) is 5.26 Å². The summed E-state index contributed by atoms with van der Waals surface area (Å²) in [5, 5.41) is 19.7. The predicted octanol–water partition coefficient (Wildman–Crippen LogP) is 2.82. The number of aromatic amines is 1. The van der Waals surface area contributed by atoms with E-state index < -0.39 is 54.3 Å². The number of ether oxygens (including phenoxy) is 5. The highest BCUT2D eigenvalue weighted by Crippen LogP contribution is 2.42. The quantitative estimate of drug-likeness (QED) is 0.176.